The van der Waals surface area contributed by atoms with Crippen molar-refractivity contribution in [1.29, 1.82) is 0 Å². The summed E-state index contributed by atoms with van der Waals surface area (Å²) >= 11 is 6.11. The number of aryl methyl sites for hydroxylation is 2. The number of nitrogens with zero attached hydrogens (tertiary/aromatic N) is 6. The standard InChI is InChI=1S/C25H25ClN6O2/c1-14-15(2)29-24-23(28-14)30-22(25(33)32(24)20-5-3-18(26)4-6-20)16-9-10-34-21(11-16)17-12-27-31(13-17)19-7-8-19/h3-6,12-13,16,19,21H,7-11H2,1-2H3/t16-,21-/m0/s1. The van der Waals surface area contributed by atoms with Crippen LogP contribution in [-0.2, 0) is 4.74 Å². The van der Waals surface area contributed by atoms with Crippen LogP contribution in [0, 0.1) is 13.8 Å². The van der Waals surface area contributed by atoms with Gasteiger partial charge in [-0.05, 0) is 63.8 Å². The minimum Gasteiger partial charge on any atom is -0.373 e. The maximum atomic E-state index is 13.9. The first-order valence-corrected chi connectivity index (χ1v) is 12.0. The van der Waals surface area contributed by atoms with Gasteiger partial charge in [-0.1, -0.05) is 11.6 Å². The second-order valence-electron chi connectivity index (χ2n) is 9.22. The molecular weight excluding hydrogens is 452 g/mol. The van der Waals surface area contributed by atoms with Gasteiger partial charge in [-0.25, -0.2) is 15.0 Å². The van der Waals surface area contributed by atoms with Crippen LogP contribution in [0.15, 0.2) is 41.5 Å². The number of halogens is 1. The van der Waals surface area contributed by atoms with E-state index in [1.165, 1.54) is 12.8 Å². The van der Waals surface area contributed by atoms with Crippen molar-refractivity contribution in [2.24, 2.45) is 0 Å². The highest BCUT2D eigenvalue weighted by molar-refractivity contribution is 6.30. The summed E-state index contributed by atoms with van der Waals surface area (Å²) in [6.45, 7) is 4.35. The van der Waals surface area contributed by atoms with Crippen molar-refractivity contribution < 1.29 is 4.74 Å². The number of hydrogen-bond acceptors (Lipinski definition) is 6. The topological polar surface area (TPSA) is 87.7 Å². The van der Waals surface area contributed by atoms with Crippen molar-refractivity contribution in [2.75, 3.05) is 6.61 Å². The van der Waals surface area contributed by atoms with E-state index >= 15 is 0 Å². The summed E-state index contributed by atoms with van der Waals surface area (Å²) in [6, 6.07) is 7.70. The summed E-state index contributed by atoms with van der Waals surface area (Å²) in [5.74, 6) is -0.0538. The Morgan fingerprint density at radius 3 is 2.56 bits per heavy atom. The van der Waals surface area contributed by atoms with E-state index in [9.17, 15) is 4.79 Å². The first-order chi connectivity index (χ1) is 16.5. The molecule has 0 bridgehead atoms. The van der Waals surface area contributed by atoms with Gasteiger partial charge in [-0.2, -0.15) is 5.10 Å². The SMILES string of the molecule is Cc1nc2nc([C@H]3CCO[C@H](c4cnn(C5CC5)c4)C3)c(=O)n(-c3ccc(Cl)cc3)c2nc1C. The van der Waals surface area contributed by atoms with E-state index in [0.29, 0.717) is 46.8 Å². The number of ether oxygens (including phenoxy) is 1. The molecule has 1 aliphatic heterocycles. The Bertz CT molecular complexity index is 1440. The van der Waals surface area contributed by atoms with Crippen molar-refractivity contribution in [3.8, 4) is 5.69 Å². The molecule has 0 spiro atoms. The predicted octanol–water partition coefficient (Wildman–Crippen LogP) is 4.61. The van der Waals surface area contributed by atoms with Gasteiger partial charge in [0, 0.05) is 29.3 Å². The van der Waals surface area contributed by atoms with Gasteiger partial charge >= 0.3 is 0 Å². The molecule has 2 fully saturated rings. The first-order valence-electron chi connectivity index (χ1n) is 11.7. The lowest BCUT2D eigenvalue weighted by atomic mass is 9.90. The first kappa shape index (κ1) is 21.4. The molecule has 0 radical (unpaired) electrons. The third-order valence-electron chi connectivity index (χ3n) is 6.80. The van der Waals surface area contributed by atoms with E-state index in [0.717, 1.165) is 23.4 Å². The molecule has 1 saturated heterocycles. The fourth-order valence-corrected chi connectivity index (χ4v) is 4.73. The average Bonchev–Trinajstić information content (AvgIpc) is 3.57. The van der Waals surface area contributed by atoms with E-state index in [4.69, 9.17) is 21.3 Å². The average molecular weight is 477 g/mol. The van der Waals surface area contributed by atoms with Crippen LogP contribution in [0.4, 0.5) is 0 Å². The van der Waals surface area contributed by atoms with Crippen molar-refractivity contribution >= 4 is 22.9 Å². The molecule has 1 saturated carbocycles. The second kappa shape index (κ2) is 8.29. The van der Waals surface area contributed by atoms with Crippen LogP contribution in [-0.4, -0.2) is 35.9 Å². The van der Waals surface area contributed by atoms with Gasteiger partial charge in [0.2, 0.25) is 0 Å². The predicted molar refractivity (Wildman–Crippen MR) is 129 cm³/mol. The number of fused-ring (bicyclic) bond motifs is 1. The van der Waals surface area contributed by atoms with Crippen molar-refractivity contribution in [3.63, 3.8) is 0 Å². The minimum absolute atomic E-state index is 0.0538. The highest BCUT2D eigenvalue weighted by atomic mass is 35.5. The van der Waals surface area contributed by atoms with Gasteiger partial charge in [-0.15, -0.1) is 0 Å². The fourth-order valence-electron chi connectivity index (χ4n) is 4.61. The van der Waals surface area contributed by atoms with E-state index < -0.39 is 0 Å². The van der Waals surface area contributed by atoms with E-state index in [1.54, 1.807) is 16.7 Å². The minimum atomic E-state index is -0.174. The Morgan fingerprint density at radius 1 is 1.03 bits per heavy atom. The Morgan fingerprint density at radius 2 is 1.79 bits per heavy atom. The van der Waals surface area contributed by atoms with Crippen molar-refractivity contribution in [2.45, 2.75) is 57.6 Å². The van der Waals surface area contributed by atoms with Crippen LogP contribution in [0.3, 0.4) is 0 Å². The quantitative estimate of drug-likeness (QED) is 0.427. The molecule has 0 N–H and O–H groups in total. The zero-order valence-electron chi connectivity index (χ0n) is 19.1. The van der Waals surface area contributed by atoms with Crippen LogP contribution in [0.25, 0.3) is 17.0 Å². The summed E-state index contributed by atoms with van der Waals surface area (Å²) in [6.07, 6.45) is 7.62. The summed E-state index contributed by atoms with van der Waals surface area (Å²) in [7, 11) is 0. The van der Waals surface area contributed by atoms with Gasteiger partial charge in [0.1, 0.15) is 5.69 Å². The maximum Gasteiger partial charge on any atom is 0.278 e. The molecule has 3 aromatic heterocycles. The number of benzene rings is 1. The van der Waals surface area contributed by atoms with Gasteiger partial charge < -0.3 is 4.74 Å². The molecule has 174 valence electrons. The lowest BCUT2D eigenvalue weighted by Gasteiger charge is -2.28. The molecule has 2 atom stereocenters. The summed E-state index contributed by atoms with van der Waals surface area (Å²) in [4.78, 5) is 28.0. The molecule has 34 heavy (non-hydrogen) atoms. The molecule has 1 aromatic carbocycles. The number of hydrogen-bond donors (Lipinski definition) is 0. The van der Waals surface area contributed by atoms with Crippen LogP contribution in [0.2, 0.25) is 5.02 Å². The Hall–Kier alpha value is -3.10. The summed E-state index contributed by atoms with van der Waals surface area (Å²) in [5, 5.41) is 5.12. The van der Waals surface area contributed by atoms with Crippen LogP contribution >= 0.6 is 11.6 Å². The lowest BCUT2D eigenvalue weighted by molar-refractivity contribution is 0.00438. The van der Waals surface area contributed by atoms with Crippen LogP contribution in [0.5, 0.6) is 0 Å². The summed E-state index contributed by atoms with van der Waals surface area (Å²) < 4.78 is 9.73. The third kappa shape index (κ3) is 3.80. The second-order valence-corrected chi connectivity index (χ2v) is 9.66. The molecule has 8 nitrogen and oxygen atoms in total. The van der Waals surface area contributed by atoms with E-state index in [2.05, 4.69) is 21.3 Å². The summed E-state index contributed by atoms with van der Waals surface area (Å²) in [5.41, 5.74) is 4.56. The normalized spacial score (nSPS) is 20.7. The molecule has 0 amide bonds. The highest BCUT2D eigenvalue weighted by Crippen LogP contribution is 2.39. The molecule has 0 unspecified atom stereocenters. The van der Waals surface area contributed by atoms with Crippen molar-refractivity contribution in [3.05, 3.63) is 74.7 Å². The molecule has 6 rings (SSSR count). The highest BCUT2D eigenvalue weighted by Gasteiger charge is 2.32. The third-order valence-corrected chi connectivity index (χ3v) is 7.05. The van der Waals surface area contributed by atoms with Crippen LogP contribution < -0.4 is 5.56 Å². The van der Waals surface area contributed by atoms with Gasteiger partial charge in [0.05, 0.1) is 35.4 Å². The van der Waals surface area contributed by atoms with Gasteiger partial charge in [-0.3, -0.25) is 14.0 Å². The monoisotopic (exact) mass is 476 g/mol. The molecule has 2 aliphatic rings. The van der Waals surface area contributed by atoms with Crippen molar-refractivity contribution in [1.82, 2.24) is 29.3 Å². The Kier molecular flexibility index (Phi) is 5.22. The Labute approximate surface area is 201 Å². The Balaban J connectivity index is 1.44. The lowest BCUT2D eigenvalue weighted by Crippen LogP contribution is -2.30. The maximum absolute atomic E-state index is 13.9. The molecule has 9 heteroatoms. The van der Waals surface area contributed by atoms with E-state index in [1.807, 2.05) is 36.9 Å². The number of rotatable bonds is 4. The molecule has 4 heterocycles. The zero-order chi connectivity index (χ0) is 23.4. The molecule has 4 aromatic rings. The number of aromatic nitrogens is 6. The van der Waals surface area contributed by atoms with Gasteiger partial charge in [0.15, 0.2) is 11.3 Å². The zero-order valence-corrected chi connectivity index (χ0v) is 19.9. The van der Waals surface area contributed by atoms with Gasteiger partial charge in [0.25, 0.3) is 5.56 Å². The molecular formula is C25H25ClN6O2. The molecule has 1 aliphatic carbocycles. The smallest absolute Gasteiger partial charge is 0.278 e. The van der Waals surface area contributed by atoms with Crippen LogP contribution in [0.1, 0.15) is 66.4 Å². The largest absolute Gasteiger partial charge is 0.373 e. The fraction of sp³-hybridized carbons (Fsp3) is 0.400. The van der Waals surface area contributed by atoms with E-state index in [-0.39, 0.29) is 17.6 Å².